The second kappa shape index (κ2) is 7.48. The van der Waals surface area contributed by atoms with E-state index in [2.05, 4.69) is 16.1 Å². The molecule has 0 atom stereocenters. The quantitative estimate of drug-likeness (QED) is 0.675. The van der Waals surface area contributed by atoms with Crippen molar-refractivity contribution in [1.29, 1.82) is 0 Å². The summed E-state index contributed by atoms with van der Waals surface area (Å²) in [7, 11) is -1.42. The first-order chi connectivity index (χ1) is 8.51. The summed E-state index contributed by atoms with van der Waals surface area (Å²) in [5.41, 5.74) is 2.29. The number of nitrogens with one attached hydrogen (secondary N) is 2. The van der Waals surface area contributed by atoms with Gasteiger partial charge >= 0.3 is 0 Å². The summed E-state index contributed by atoms with van der Waals surface area (Å²) in [5, 5.41) is 3.18. The highest BCUT2D eigenvalue weighted by Gasteiger charge is 1.99. The van der Waals surface area contributed by atoms with E-state index in [9.17, 15) is 8.42 Å². The van der Waals surface area contributed by atoms with Gasteiger partial charge in [-0.25, -0.2) is 13.1 Å². The van der Waals surface area contributed by atoms with Crippen LogP contribution in [0.25, 0.3) is 0 Å². The molecule has 2 N–H and O–H groups in total. The van der Waals surface area contributed by atoms with Crippen molar-refractivity contribution in [2.75, 3.05) is 26.5 Å². The monoisotopic (exact) mass is 272 g/mol. The Hall–Kier alpha value is -0.950. The largest absolute Gasteiger partial charge is 0.380 e. The summed E-state index contributed by atoms with van der Waals surface area (Å²) in [6, 6.07) is 8.09. The molecule has 0 radical (unpaired) electrons. The van der Waals surface area contributed by atoms with Crippen LogP contribution in [-0.2, 0) is 27.9 Å². The van der Waals surface area contributed by atoms with Crippen LogP contribution in [0.4, 0.5) is 0 Å². The minimum atomic E-state index is -3.09. The first-order valence-corrected chi connectivity index (χ1v) is 7.62. The predicted octanol–water partition coefficient (Wildman–Crippen LogP) is 0.472. The maximum absolute atomic E-state index is 10.8. The number of hydrogen-bond acceptors (Lipinski definition) is 4. The van der Waals surface area contributed by atoms with Crippen molar-refractivity contribution < 1.29 is 13.2 Å². The first-order valence-electron chi connectivity index (χ1n) is 5.73. The standard InChI is InChI=1S/C12H20N2O3S/c1-17-10-12-5-3-4-11(8-12)9-13-6-7-14-18(2,15)16/h3-5,8,13-14H,6-7,9-10H2,1-2H3. The van der Waals surface area contributed by atoms with Crippen LogP contribution in [0.15, 0.2) is 24.3 Å². The molecule has 0 aromatic heterocycles. The molecule has 0 heterocycles. The van der Waals surface area contributed by atoms with Crippen molar-refractivity contribution in [2.45, 2.75) is 13.2 Å². The van der Waals surface area contributed by atoms with Crippen LogP contribution >= 0.6 is 0 Å². The lowest BCUT2D eigenvalue weighted by molar-refractivity contribution is 0.185. The molecule has 0 saturated carbocycles. The lowest BCUT2D eigenvalue weighted by Crippen LogP contribution is -2.30. The van der Waals surface area contributed by atoms with E-state index in [0.717, 1.165) is 17.4 Å². The highest BCUT2D eigenvalue weighted by Crippen LogP contribution is 2.05. The number of ether oxygens (including phenoxy) is 1. The van der Waals surface area contributed by atoms with Crippen LogP contribution in [0.1, 0.15) is 11.1 Å². The van der Waals surface area contributed by atoms with Gasteiger partial charge in [0.15, 0.2) is 0 Å². The third-order valence-electron chi connectivity index (χ3n) is 2.30. The SMILES string of the molecule is COCc1cccc(CNCCNS(C)(=O)=O)c1. The van der Waals surface area contributed by atoms with Crippen LogP contribution in [0.5, 0.6) is 0 Å². The van der Waals surface area contributed by atoms with Crippen LogP contribution in [-0.4, -0.2) is 34.9 Å². The lowest BCUT2D eigenvalue weighted by Gasteiger charge is -2.07. The molecule has 0 aliphatic heterocycles. The summed E-state index contributed by atoms with van der Waals surface area (Å²) in [6.45, 7) is 2.31. The Labute approximate surface area is 109 Å². The van der Waals surface area contributed by atoms with Crippen molar-refractivity contribution in [1.82, 2.24) is 10.0 Å². The van der Waals surface area contributed by atoms with Crippen LogP contribution < -0.4 is 10.0 Å². The van der Waals surface area contributed by atoms with Crippen LogP contribution in [0.3, 0.4) is 0 Å². The zero-order valence-corrected chi connectivity index (χ0v) is 11.6. The zero-order chi connectivity index (χ0) is 13.4. The molecule has 0 aliphatic rings. The van der Waals surface area contributed by atoms with Gasteiger partial charge in [0, 0.05) is 26.7 Å². The fourth-order valence-corrected chi connectivity index (χ4v) is 2.03. The molecule has 1 aromatic carbocycles. The average molecular weight is 272 g/mol. The van der Waals surface area contributed by atoms with Crippen molar-refractivity contribution in [3.63, 3.8) is 0 Å². The number of hydrogen-bond donors (Lipinski definition) is 2. The van der Waals surface area contributed by atoms with Gasteiger partial charge in [0.2, 0.25) is 10.0 Å². The van der Waals surface area contributed by atoms with Crippen molar-refractivity contribution >= 4 is 10.0 Å². The summed E-state index contributed by atoms with van der Waals surface area (Å²) >= 11 is 0. The van der Waals surface area contributed by atoms with E-state index in [0.29, 0.717) is 26.2 Å². The highest BCUT2D eigenvalue weighted by molar-refractivity contribution is 7.88. The molecular formula is C12H20N2O3S. The van der Waals surface area contributed by atoms with E-state index in [1.54, 1.807) is 7.11 Å². The molecule has 102 valence electrons. The van der Waals surface area contributed by atoms with Gasteiger partial charge in [-0.2, -0.15) is 0 Å². The second-order valence-corrected chi connectivity index (χ2v) is 5.93. The predicted molar refractivity (Wildman–Crippen MR) is 71.7 cm³/mol. The van der Waals surface area contributed by atoms with Gasteiger partial charge in [0.05, 0.1) is 12.9 Å². The number of sulfonamides is 1. The fraction of sp³-hybridized carbons (Fsp3) is 0.500. The van der Waals surface area contributed by atoms with Crippen LogP contribution in [0, 0.1) is 0 Å². The van der Waals surface area contributed by atoms with Crippen molar-refractivity contribution in [3.8, 4) is 0 Å². The number of benzene rings is 1. The van der Waals surface area contributed by atoms with Gasteiger partial charge in [0.25, 0.3) is 0 Å². The van der Waals surface area contributed by atoms with Gasteiger partial charge in [-0.1, -0.05) is 24.3 Å². The molecule has 0 aliphatic carbocycles. The van der Waals surface area contributed by atoms with Gasteiger partial charge in [0.1, 0.15) is 0 Å². The van der Waals surface area contributed by atoms with E-state index < -0.39 is 10.0 Å². The maximum atomic E-state index is 10.8. The van der Waals surface area contributed by atoms with E-state index in [4.69, 9.17) is 4.74 Å². The minimum absolute atomic E-state index is 0.399. The van der Waals surface area contributed by atoms with Crippen molar-refractivity contribution in [3.05, 3.63) is 35.4 Å². The topological polar surface area (TPSA) is 67.4 Å². The maximum Gasteiger partial charge on any atom is 0.208 e. The summed E-state index contributed by atoms with van der Waals surface area (Å²) in [5.74, 6) is 0. The molecule has 1 rings (SSSR count). The Kier molecular flexibility index (Phi) is 6.28. The third-order valence-corrected chi connectivity index (χ3v) is 3.03. The van der Waals surface area contributed by atoms with Crippen molar-refractivity contribution in [2.24, 2.45) is 0 Å². The average Bonchev–Trinajstić information content (AvgIpc) is 2.28. The molecule has 0 fully saturated rings. The van der Waals surface area contributed by atoms with Gasteiger partial charge < -0.3 is 10.1 Å². The molecule has 5 nitrogen and oxygen atoms in total. The molecule has 0 spiro atoms. The van der Waals surface area contributed by atoms with Crippen LogP contribution in [0.2, 0.25) is 0 Å². The van der Waals surface area contributed by atoms with Gasteiger partial charge in [-0.15, -0.1) is 0 Å². The number of methoxy groups -OCH3 is 1. The molecule has 0 unspecified atom stereocenters. The normalized spacial score (nSPS) is 11.7. The Morgan fingerprint density at radius 1 is 1.22 bits per heavy atom. The Balaban J connectivity index is 2.28. The van der Waals surface area contributed by atoms with E-state index in [1.165, 1.54) is 0 Å². The van der Waals surface area contributed by atoms with E-state index in [1.807, 2.05) is 18.2 Å². The molecular weight excluding hydrogens is 252 g/mol. The number of rotatable bonds is 8. The molecule has 0 saturated heterocycles. The molecule has 6 heteroatoms. The van der Waals surface area contributed by atoms with Gasteiger partial charge in [-0.3, -0.25) is 0 Å². The summed E-state index contributed by atoms with van der Waals surface area (Å²) < 4.78 is 29.2. The molecule has 0 bridgehead atoms. The molecule has 18 heavy (non-hydrogen) atoms. The Morgan fingerprint density at radius 2 is 1.94 bits per heavy atom. The fourth-order valence-electron chi connectivity index (χ4n) is 1.55. The summed E-state index contributed by atoms with van der Waals surface area (Å²) in [6.07, 6.45) is 1.15. The van der Waals surface area contributed by atoms with E-state index in [-0.39, 0.29) is 0 Å². The van der Waals surface area contributed by atoms with Gasteiger partial charge in [-0.05, 0) is 11.1 Å². The first kappa shape index (κ1) is 15.1. The lowest BCUT2D eigenvalue weighted by atomic mass is 10.1. The Bertz CT molecular complexity index is 460. The smallest absolute Gasteiger partial charge is 0.208 e. The Morgan fingerprint density at radius 3 is 2.61 bits per heavy atom. The zero-order valence-electron chi connectivity index (χ0n) is 10.8. The minimum Gasteiger partial charge on any atom is -0.380 e. The third kappa shape index (κ3) is 6.70. The molecule has 1 aromatic rings. The molecule has 0 amide bonds. The second-order valence-electron chi connectivity index (χ2n) is 4.10. The van der Waals surface area contributed by atoms with E-state index >= 15 is 0 Å². The highest BCUT2D eigenvalue weighted by atomic mass is 32.2. The summed E-state index contributed by atoms with van der Waals surface area (Å²) in [4.78, 5) is 0.